The summed E-state index contributed by atoms with van der Waals surface area (Å²) in [5.41, 5.74) is 1.93. The molecule has 10 heteroatoms. The Bertz CT molecular complexity index is 1300. The summed E-state index contributed by atoms with van der Waals surface area (Å²) in [6.07, 6.45) is 2.78. The molecule has 0 saturated carbocycles. The number of carbonyl (C=O) groups excluding carboxylic acids is 2. The van der Waals surface area contributed by atoms with Crippen LogP contribution in [0.2, 0.25) is 0 Å². The maximum Gasteiger partial charge on any atom is 0.257 e. The smallest absolute Gasteiger partial charge is 0.257 e. The molecule has 0 spiro atoms. The van der Waals surface area contributed by atoms with Crippen molar-refractivity contribution in [2.75, 3.05) is 18.4 Å². The van der Waals surface area contributed by atoms with Crippen LogP contribution in [0.1, 0.15) is 43.5 Å². The van der Waals surface area contributed by atoms with Crippen molar-refractivity contribution >= 4 is 50.3 Å². The number of carbonyl (C=O) groups is 2. The van der Waals surface area contributed by atoms with Crippen LogP contribution in [0, 0.1) is 0 Å². The van der Waals surface area contributed by atoms with Crippen LogP contribution in [0.4, 0.5) is 5.69 Å². The second-order valence-electron chi connectivity index (χ2n) is 7.96. The van der Waals surface area contributed by atoms with Crippen LogP contribution in [-0.2, 0) is 14.8 Å². The maximum atomic E-state index is 12.9. The van der Waals surface area contributed by atoms with E-state index in [1.807, 2.05) is 0 Å². The number of aromatic nitrogens is 1. The van der Waals surface area contributed by atoms with Gasteiger partial charge in [0.25, 0.3) is 5.22 Å². The first kappa shape index (κ1) is 23.5. The van der Waals surface area contributed by atoms with Crippen LogP contribution in [0.15, 0.2) is 57.0 Å². The van der Waals surface area contributed by atoms with Crippen LogP contribution >= 0.6 is 11.8 Å². The number of amides is 1. The third kappa shape index (κ3) is 5.29. The van der Waals surface area contributed by atoms with E-state index >= 15 is 0 Å². The van der Waals surface area contributed by atoms with Gasteiger partial charge >= 0.3 is 0 Å². The van der Waals surface area contributed by atoms with Crippen molar-refractivity contribution in [3.05, 3.63) is 48.0 Å². The Balaban J connectivity index is 1.47. The minimum atomic E-state index is -3.57. The van der Waals surface area contributed by atoms with E-state index in [1.54, 1.807) is 37.3 Å². The summed E-state index contributed by atoms with van der Waals surface area (Å²) in [7, 11) is -3.57. The Morgan fingerprint density at radius 2 is 1.88 bits per heavy atom. The van der Waals surface area contributed by atoms with Crippen molar-refractivity contribution in [3.63, 3.8) is 0 Å². The van der Waals surface area contributed by atoms with Gasteiger partial charge in [0.1, 0.15) is 5.52 Å². The van der Waals surface area contributed by atoms with E-state index in [1.165, 1.54) is 23.4 Å². The number of hydrogen-bond acceptors (Lipinski definition) is 7. The Morgan fingerprint density at radius 3 is 2.61 bits per heavy atom. The lowest BCUT2D eigenvalue weighted by atomic mass is 10.1. The summed E-state index contributed by atoms with van der Waals surface area (Å²) in [4.78, 5) is 28.7. The maximum absolute atomic E-state index is 12.9. The summed E-state index contributed by atoms with van der Waals surface area (Å²) >= 11 is 1.13. The molecule has 4 rings (SSSR count). The zero-order chi connectivity index (χ0) is 23.6. The lowest BCUT2D eigenvalue weighted by Gasteiger charge is -2.25. The predicted octanol–water partition coefficient (Wildman–Crippen LogP) is 4.32. The average Bonchev–Trinajstić information content (AvgIpc) is 3.21. The Morgan fingerprint density at radius 1 is 1.12 bits per heavy atom. The van der Waals surface area contributed by atoms with Gasteiger partial charge in [-0.15, -0.1) is 0 Å². The van der Waals surface area contributed by atoms with Crippen LogP contribution in [0.5, 0.6) is 0 Å². The molecule has 1 fully saturated rings. The highest BCUT2D eigenvalue weighted by Gasteiger charge is 2.27. The molecule has 8 nitrogen and oxygen atoms in total. The molecule has 1 aliphatic heterocycles. The fourth-order valence-electron chi connectivity index (χ4n) is 3.62. The van der Waals surface area contributed by atoms with Gasteiger partial charge in [0.2, 0.25) is 15.9 Å². The lowest BCUT2D eigenvalue weighted by molar-refractivity contribution is -0.115. The number of thioether (sulfide) groups is 1. The fourth-order valence-corrected chi connectivity index (χ4v) is 5.91. The zero-order valence-electron chi connectivity index (χ0n) is 18.4. The quantitative estimate of drug-likeness (QED) is 0.390. The van der Waals surface area contributed by atoms with E-state index in [2.05, 4.69) is 10.3 Å². The molecule has 1 N–H and O–H groups in total. The van der Waals surface area contributed by atoms with Crippen LogP contribution in [0.25, 0.3) is 11.1 Å². The van der Waals surface area contributed by atoms with Gasteiger partial charge in [0.15, 0.2) is 11.4 Å². The lowest BCUT2D eigenvalue weighted by Crippen LogP contribution is -2.35. The van der Waals surface area contributed by atoms with Crippen molar-refractivity contribution in [2.45, 2.75) is 48.5 Å². The Kier molecular flexibility index (Phi) is 6.87. The van der Waals surface area contributed by atoms with Crippen molar-refractivity contribution < 1.29 is 22.4 Å². The van der Waals surface area contributed by atoms with Gasteiger partial charge in [-0.2, -0.15) is 4.31 Å². The number of sulfonamides is 1. The highest BCUT2D eigenvalue weighted by molar-refractivity contribution is 8.00. The molecule has 2 heterocycles. The second-order valence-corrected chi connectivity index (χ2v) is 11.2. The number of anilines is 1. The molecule has 0 aliphatic carbocycles. The third-order valence-electron chi connectivity index (χ3n) is 5.48. The topological polar surface area (TPSA) is 110 Å². The van der Waals surface area contributed by atoms with E-state index in [0.717, 1.165) is 31.0 Å². The van der Waals surface area contributed by atoms with E-state index < -0.39 is 15.3 Å². The van der Waals surface area contributed by atoms with E-state index in [9.17, 15) is 18.0 Å². The average molecular weight is 488 g/mol. The van der Waals surface area contributed by atoms with Gasteiger partial charge in [-0.1, -0.05) is 30.3 Å². The minimum Gasteiger partial charge on any atom is -0.431 e. The Labute approximate surface area is 196 Å². The van der Waals surface area contributed by atoms with E-state index in [0.29, 0.717) is 35.4 Å². The number of nitrogens with zero attached hydrogens (tertiary/aromatic N) is 2. The number of nitrogens with one attached hydrogen (secondary N) is 1. The largest absolute Gasteiger partial charge is 0.431 e. The SMILES string of the molecule is CC(=O)c1cccc(NC(=O)[C@@H](C)Sc2nc3cc(S(=O)(=O)N4CCCCC4)ccc3o2)c1. The zero-order valence-corrected chi connectivity index (χ0v) is 20.0. The molecular weight excluding hydrogens is 462 g/mol. The van der Waals surface area contributed by atoms with Crippen LogP contribution < -0.4 is 5.32 Å². The van der Waals surface area contributed by atoms with Crippen molar-refractivity contribution in [1.82, 2.24) is 9.29 Å². The van der Waals surface area contributed by atoms with E-state index in [-0.39, 0.29) is 21.8 Å². The third-order valence-corrected chi connectivity index (χ3v) is 8.31. The van der Waals surface area contributed by atoms with Crippen molar-refractivity contribution in [3.8, 4) is 0 Å². The number of fused-ring (bicyclic) bond motifs is 1. The molecule has 3 aromatic rings. The highest BCUT2D eigenvalue weighted by Crippen LogP contribution is 2.30. The molecule has 2 aromatic carbocycles. The highest BCUT2D eigenvalue weighted by atomic mass is 32.2. The van der Waals surface area contributed by atoms with Crippen LogP contribution in [-0.4, -0.2) is 47.7 Å². The standard InChI is InChI=1S/C23H25N3O5S2/c1-15(27)17-7-6-8-18(13-17)24-22(28)16(2)32-23-25-20-14-19(9-10-21(20)31-23)33(29,30)26-11-4-3-5-12-26/h6-10,13-14,16H,3-5,11-12H2,1-2H3,(H,24,28)/t16-/m1/s1. The first-order valence-electron chi connectivity index (χ1n) is 10.7. The minimum absolute atomic E-state index is 0.0818. The first-order valence-corrected chi connectivity index (χ1v) is 13.1. The number of oxazole rings is 1. The van der Waals surface area contributed by atoms with Gasteiger partial charge in [0.05, 0.1) is 10.1 Å². The molecule has 1 amide bonds. The molecule has 0 bridgehead atoms. The number of ketones is 1. The van der Waals surface area contributed by atoms with Gasteiger partial charge in [-0.05, 0) is 57.0 Å². The van der Waals surface area contributed by atoms with Gasteiger partial charge in [-0.3, -0.25) is 9.59 Å². The molecule has 0 radical (unpaired) electrons. The summed E-state index contributed by atoms with van der Waals surface area (Å²) in [5.74, 6) is -0.349. The number of piperidine rings is 1. The van der Waals surface area contributed by atoms with E-state index in [4.69, 9.17) is 4.42 Å². The number of rotatable bonds is 7. The normalized spacial score (nSPS) is 15.9. The number of Topliss-reactive ketones (excluding diaryl/α,β-unsaturated/α-hetero) is 1. The van der Waals surface area contributed by atoms with Crippen LogP contribution in [0.3, 0.4) is 0 Å². The van der Waals surface area contributed by atoms with Gasteiger partial charge in [-0.25, -0.2) is 13.4 Å². The number of hydrogen-bond donors (Lipinski definition) is 1. The fraction of sp³-hybridized carbons (Fsp3) is 0.348. The number of benzene rings is 2. The first-order chi connectivity index (χ1) is 15.7. The van der Waals surface area contributed by atoms with Crippen molar-refractivity contribution in [1.29, 1.82) is 0 Å². The summed E-state index contributed by atoms with van der Waals surface area (Å²) in [6, 6.07) is 11.4. The van der Waals surface area contributed by atoms with Gasteiger partial charge < -0.3 is 9.73 Å². The molecule has 1 aromatic heterocycles. The monoisotopic (exact) mass is 487 g/mol. The summed E-state index contributed by atoms with van der Waals surface area (Å²) in [5, 5.41) is 2.53. The molecule has 0 unspecified atom stereocenters. The molecule has 174 valence electrons. The molecule has 33 heavy (non-hydrogen) atoms. The summed E-state index contributed by atoms with van der Waals surface area (Å²) in [6.45, 7) is 4.25. The molecular formula is C23H25N3O5S2. The molecule has 1 atom stereocenters. The summed E-state index contributed by atoms with van der Waals surface area (Å²) < 4.78 is 33.1. The second kappa shape index (κ2) is 9.66. The molecule has 1 saturated heterocycles. The molecule has 1 aliphatic rings. The predicted molar refractivity (Wildman–Crippen MR) is 127 cm³/mol. The van der Waals surface area contributed by atoms with Gasteiger partial charge in [0, 0.05) is 24.3 Å². The van der Waals surface area contributed by atoms with Crippen molar-refractivity contribution in [2.24, 2.45) is 0 Å². The Hall–Kier alpha value is -2.69.